The minimum atomic E-state index is -3.57. The third-order valence-electron chi connectivity index (χ3n) is 4.61. The van der Waals surface area contributed by atoms with Gasteiger partial charge in [-0.2, -0.15) is 4.31 Å². The normalized spacial score (nSPS) is 18.6. The largest absolute Gasteiger partial charge is 0.297 e. The summed E-state index contributed by atoms with van der Waals surface area (Å²) in [5.74, 6) is 0. The summed E-state index contributed by atoms with van der Waals surface area (Å²) in [5, 5.41) is 0.720. The van der Waals surface area contributed by atoms with Crippen LogP contribution in [0.4, 0.5) is 0 Å². The van der Waals surface area contributed by atoms with Crippen molar-refractivity contribution in [2.75, 3.05) is 20.1 Å². The summed E-state index contributed by atoms with van der Waals surface area (Å²) in [6, 6.07) is 12.9. The maximum Gasteiger partial charge on any atom is 0.244 e. The van der Waals surface area contributed by atoms with Gasteiger partial charge in [-0.15, -0.1) is 0 Å². The van der Waals surface area contributed by atoms with Gasteiger partial charge in [0.25, 0.3) is 0 Å². The Morgan fingerprint density at radius 1 is 1.23 bits per heavy atom. The SMILES string of the molecule is CN(C1CCN(Cc2cccc(Cl)c2)C1)S(=O)(=O)c1cc(Br)ccc1Br. The summed E-state index contributed by atoms with van der Waals surface area (Å²) >= 11 is 12.8. The molecule has 0 radical (unpaired) electrons. The lowest BCUT2D eigenvalue weighted by Gasteiger charge is -2.25. The Morgan fingerprint density at radius 2 is 2.00 bits per heavy atom. The van der Waals surface area contributed by atoms with Crippen molar-refractivity contribution in [2.45, 2.75) is 23.9 Å². The highest BCUT2D eigenvalue weighted by Gasteiger charge is 2.34. The summed E-state index contributed by atoms with van der Waals surface area (Å²) in [7, 11) is -1.91. The summed E-state index contributed by atoms with van der Waals surface area (Å²) in [5.41, 5.74) is 1.14. The van der Waals surface area contributed by atoms with Gasteiger partial charge in [-0.05, 0) is 58.2 Å². The van der Waals surface area contributed by atoms with E-state index in [1.807, 2.05) is 30.3 Å². The van der Waals surface area contributed by atoms with Gasteiger partial charge < -0.3 is 0 Å². The lowest BCUT2D eigenvalue weighted by Crippen LogP contribution is -2.39. The van der Waals surface area contributed by atoms with Crippen molar-refractivity contribution in [1.29, 1.82) is 0 Å². The molecule has 0 bridgehead atoms. The first-order valence-electron chi connectivity index (χ1n) is 8.17. The van der Waals surface area contributed by atoms with Gasteiger partial charge in [0.2, 0.25) is 10.0 Å². The minimum absolute atomic E-state index is 0.0509. The summed E-state index contributed by atoms with van der Waals surface area (Å²) in [6.45, 7) is 2.33. The first-order chi connectivity index (χ1) is 12.3. The Bertz CT molecular complexity index is 908. The molecular formula is C18H19Br2ClN2O2S. The molecule has 0 aromatic heterocycles. The molecule has 0 spiro atoms. The third kappa shape index (κ3) is 4.51. The maximum absolute atomic E-state index is 13.0. The number of hydrogen-bond acceptors (Lipinski definition) is 3. The monoisotopic (exact) mass is 520 g/mol. The quantitative estimate of drug-likeness (QED) is 0.569. The van der Waals surface area contributed by atoms with Gasteiger partial charge in [0, 0.05) is 46.7 Å². The summed E-state index contributed by atoms with van der Waals surface area (Å²) < 4.78 is 28.9. The van der Waals surface area contributed by atoms with Gasteiger partial charge in [-0.1, -0.05) is 39.7 Å². The second kappa shape index (κ2) is 8.29. The van der Waals surface area contributed by atoms with Crippen molar-refractivity contribution in [3.05, 3.63) is 62.0 Å². The zero-order chi connectivity index (χ0) is 18.9. The van der Waals surface area contributed by atoms with E-state index < -0.39 is 10.0 Å². The van der Waals surface area contributed by atoms with Crippen molar-refractivity contribution in [1.82, 2.24) is 9.21 Å². The number of nitrogens with zero attached hydrogens (tertiary/aromatic N) is 2. The molecular weight excluding hydrogens is 504 g/mol. The Morgan fingerprint density at radius 3 is 2.73 bits per heavy atom. The fourth-order valence-electron chi connectivity index (χ4n) is 3.17. The van der Waals surface area contributed by atoms with E-state index >= 15 is 0 Å². The van der Waals surface area contributed by atoms with E-state index in [4.69, 9.17) is 11.6 Å². The fourth-order valence-corrected chi connectivity index (χ4v) is 6.22. The smallest absolute Gasteiger partial charge is 0.244 e. The van der Waals surface area contributed by atoms with Crippen LogP contribution in [-0.2, 0) is 16.6 Å². The topological polar surface area (TPSA) is 40.6 Å². The standard InChI is InChI=1S/C18H19Br2ClN2O2S/c1-22(26(24,25)18-10-14(19)5-6-17(18)20)16-7-8-23(12-16)11-13-3-2-4-15(21)9-13/h2-6,9-10,16H,7-8,11-12H2,1H3. The van der Waals surface area contributed by atoms with Crippen LogP contribution >= 0.6 is 43.5 Å². The van der Waals surface area contributed by atoms with E-state index in [-0.39, 0.29) is 10.9 Å². The van der Waals surface area contributed by atoms with Gasteiger partial charge in [-0.3, -0.25) is 4.90 Å². The van der Waals surface area contributed by atoms with E-state index in [1.165, 1.54) is 4.31 Å². The number of hydrogen-bond donors (Lipinski definition) is 0. The molecule has 0 amide bonds. The van der Waals surface area contributed by atoms with E-state index in [0.717, 1.165) is 34.6 Å². The van der Waals surface area contributed by atoms with Crippen LogP contribution in [0.15, 0.2) is 56.3 Å². The van der Waals surface area contributed by atoms with Crippen molar-refractivity contribution >= 4 is 53.5 Å². The van der Waals surface area contributed by atoms with Gasteiger partial charge in [0.05, 0.1) is 4.90 Å². The summed E-state index contributed by atoms with van der Waals surface area (Å²) in [4.78, 5) is 2.54. The number of rotatable bonds is 5. The molecule has 0 N–H and O–H groups in total. The van der Waals surface area contributed by atoms with Gasteiger partial charge in [0.15, 0.2) is 0 Å². The predicted octanol–water partition coefficient (Wildman–Crippen LogP) is 4.76. The minimum Gasteiger partial charge on any atom is -0.297 e. The molecule has 140 valence electrons. The molecule has 2 aromatic rings. The van der Waals surface area contributed by atoms with Crippen molar-refractivity contribution < 1.29 is 8.42 Å². The Hall–Kier alpha value is -0.440. The summed E-state index contributed by atoms with van der Waals surface area (Å²) in [6.07, 6.45) is 0.807. The maximum atomic E-state index is 13.0. The number of likely N-dealkylation sites (tertiary alicyclic amines) is 1. The van der Waals surface area contributed by atoms with E-state index in [1.54, 1.807) is 19.2 Å². The second-order valence-corrected chi connectivity index (χ2v) is 10.6. The van der Waals surface area contributed by atoms with Crippen LogP contribution in [0.5, 0.6) is 0 Å². The molecule has 4 nitrogen and oxygen atoms in total. The fraction of sp³-hybridized carbons (Fsp3) is 0.333. The van der Waals surface area contributed by atoms with Gasteiger partial charge in [0.1, 0.15) is 0 Å². The van der Waals surface area contributed by atoms with E-state index in [9.17, 15) is 8.42 Å². The zero-order valence-corrected chi connectivity index (χ0v) is 18.9. The lowest BCUT2D eigenvalue weighted by atomic mass is 10.2. The van der Waals surface area contributed by atoms with Gasteiger partial charge >= 0.3 is 0 Å². The highest BCUT2D eigenvalue weighted by molar-refractivity contribution is 9.11. The Kier molecular flexibility index (Phi) is 6.47. The first-order valence-corrected chi connectivity index (χ1v) is 11.6. The zero-order valence-electron chi connectivity index (χ0n) is 14.2. The number of benzene rings is 2. The molecule has 1 aliphatic heterocycles. The van der Waals surface area contributed by atoms with Crippen molar-refractivity contribution in [3.8, 4) is 0 Å². The Balaban J connectivity index is 1.72. The molecule has 1 saturated heterocycles. The average Bonchev–Trinajstić information content (AvgIpc) is 3.04. The molecule has 8 heteroatoms. The van der Waals surface area contributed by atoms with Gasteiger partial charge in [-0.25, -0.2) is 8.42 Å². The lowest BCUT2D eigenvalue weighted by molar-refractivity contribution is 0.298. The molecule has 1 aliphatic rings. The molecule has 26 heavy (non-hydrogen) atoms. The van der Waals surface area contributed by atoms with E-state index in [0.29, 0.717) is 11.0 Å². The van der Waals surface area contributed by atoms with Crippen molar-refractivity contribution in [2.24, 2.45) is 0 Å². The molecule has 1 unspecified atom stereocenters. The molecule has 1 atom stereocenters. The van der Waals surface area contributed by atoms with Crippen LogP contribution in [0, 0.1) is 0 Å². The van der Waals surface area contributed by atoms with Crippen LogP contribution in [0.25, 0.3) is 0 Å². The molecule has 0 saturated carbocycles. The van der Waals surface area contributed by atoms with Crippen LogP contribution in [-0.4, -0.2) is 43.8 Å². The first kappa shape index (κ1) is 20.3. The molecule has 0 aliphatic carbocycles. The number of halogens is 3. The third-order valence-corrected chi connectivity index (χ3v) is 8.24. The van der Waals surface area contributed by atoms with E-state index in [2.05, 4.69) is 36.8 Å². The highest BCUT2D eigenvalue weighted by atomic mass is 79.9. The molecule has 2 aromatic carbocycles. The van der Waals surface area contributed by atoms with Crippen LogP contribution in [0.1, 0.15) is 12.0 Å². The molecule has 1 heterocycles. The molecule has 1 fully saturated rings. The van der Waals surface area contributed by atoms with Crippen molar-refractivity contribution in [3.63, 3.8) is 0 Å². The molecule has 3 rings (SSSR count). The second-order valence-electron chi connectivity index (χ2n) is 6.40. The number of sulfonamides is 1. The predicted molar refractivity (Wildman–Crippen MR) is 112 cm³/mol. The van der Waals surface area contributed by atoms with Crippen LogP contribution < -0.4 is 0 Å². The highest BCUT2D eigenvalue weighted by Crippen LogP contribution is 2.30. The Labute approximate surface area is 176 Å². The number of likely N-dealkylation sites (N-methyl/N-ethyl adjacent to an activating group) is 1. The van der Waals surface area contributed by atoms with Crippen LogP contribution in [0.2, 0.25) is 5.02 Å². The average molecular weight is 523 g/mol. The van der Waals surface area contributed by atoms with Crippen LogP contribution in [0.3, 0.4) is 0 Å².